The molecule has 0 bridgehead atoms. The minimum absolute atomic E-state index is 0.159. The highest BCUT2D eigenvalue weighted by molar-refractivity contribution is 8.05. The second-order valence-electron chi connectivity index (χ2n) is 8.13. The molecule has 35 heavy (non-hydrogen) atoms. The lowest BCUT2D eigenvalue weighted by Gasteiger charge is -2.19. The molecule has 0 unspecified atom stereocenters. The van der Waals surface area contributed by atoms with Crippen molar-refractivity contribution in [3.05, 3.63) is 104 Å². The number of nitrogens with zero attached hydrogens (tertiary/aromatic N) is 2. The van der Waals surface area contributed by atoms with Gasteiger partial charge in [0.1, 0.15) is 16.7 Å². The molecule has 3 aromatic carbocycles. The Morgan fingerprint density at radius 3 is 2.43 bits per heavy atom. The summed E-state index contributed by atoms with van der Waals surface area (Å²) in [6, 6.07) is 21.8. The van der Waals surface area contributed by atoms with Crippen molar-refractivity contribution in [1.82, 2.24) is 0 Å². The van der Waals surface area contributed by atoms with Gasteiger partial charge in [-0.2, -0.15) is 5.26 Å². The molecule has 0 aromatic heterocycles. The molecule has 1 N–H and O–H groups in total. The molecule has 1 saturated heterocycles. The zero-order valence-electron chi connectivity index (χ0n) is 19.0. The molecule has 176 valence electrons. The minimum atomic E-state index is -0.632. The Kier molecular flexibility index (Phi) is 7.51. The van der Waals surface area contributed by atoms with Crippen LogP contribution in [0.1, 0.15) is 16.7 Å². The fraction of sp³-hybridized carbons (Fsp3) is 0.148. The molecule has 0 saturated carbocycles. The predicted molar refractivity (Wildman–Crippen MR) is 143 cm³/mol. The van der Waals surface area contributed by atoms with E-state index in [-0.39, 0.29) is 16.5 Å². The molecule has 1 fully saturated rings. The summed E-state index contributed by atoms with van der Waals surface area (Å²) in [6.07, 6.45) is 0.403. The first-order valence-corrected chi connectivity index (χ1v) is 12.4. The Labute approximate surface area is 218 Å². The zero-order chi connectivity index (χ0) is 25.1. The molecular weight excluding hydrogens is 501 g/mol. The molecule has 4 rings (SSSR count). The molecule has 0 spiro atoms. The fourth-order valence-corrected chi connectivity index (χ4v) is 5.34. The SMILES string of the molecule is Cc1ccc(N2C(=O)[C@H](Cc3ccc(C)c(Cl)c3)S/C2=C(/C#N)C(=O)Nc2ccccc2Cl)cc1. The smallest absolute Gasteiger partial charge is 0.269 e. The lowest BCUT2D eigenvalue weighted by molar-refractivity contribution is -0.117. The minimum Gasteiger partial charge on any atom is -0.320 e. The molecular formula is C27H21Cl2N3O2S. The van der Waals surface area contributed by atoms with Crippen LogP contribution in [0.15, 0.2) is 77.3 Å². The summed E-state index contributed by atoms with van der Waals surface area (Å²) in [5.41, 5.74) is 3.69. The number of rotatable bonds is 5. The van der Waals surface area contributed by atoms with Crippen molar-refractivity contribution in [2.45, 2.75) is 25.5 Å². The van der Waals surface area contributed by atoms with Crippen LogP contribution in [0.2, 0.25) is 10.0 Å². The third kappa shape index (κ3) is 5.38. The average Bonchev–Trinajstić information content (AvgIpc) is 3.14. The summed E-state index contributed by atoms with van der Waals surface area (Å²) in [4.78, 5) is 28.2. The first-order valence-electron chi connectivity index (χ1n) is 10.8. The Bertz CT molecular complexity index is 1380. The number of benzene rings is 3. The normalized spacial score (nSPS) is 16.7. The van der Waals surface area contributed by atoms with E-state index < -0.39 is 11.2 Å². The van der Waals surface area contributed by atoms with Gasteiger partial charge in [-0.1, -0.05) is 76.9 Å². The number of thioether (sulfide) groups is 1. The number of amides is 2. The first kappa shape index (κ1) is 24.9. The van der Waals surface area contributed by atoms with Crippen LogP contribution in [0.3, 0.4) is 0 Å². The van der Waals surface area contributed by atoms with Gasteiger partial charge in [-0.25, -0.2) is 0 Å². The number of carbonyl (C=O) groups excluding carboxylic acids is 2. The second kappa shape index (κ2) is 10.6. The van der Waals surface area contributed by atoms with Gasteiger partial charge in [-0.15, -0.1) is 0 Å². The second-order valence-corrected chi connectivity index (χ2v) is 10.1. The van der Waals surface area contributed by atoms with Crippen LogP contribution in [-0.2, 0) is 16.0 Å². The van der Waals surface area contributed by atoms with E-state index in [4.69, 9.17) is 23.2 Å². The van der Waals surface area contributed by atoms with Gasteiger partial charge < -0.3 is 5.32 Å². The molecule has 1 aliphatic heterocycles. The summed E-state index contributed by atoms with van der Waals surface area (Å²) in [7, 11) is 0. The molecule has 5 nitrogen and oxygen atoms in total. The van der Waals surface area contributed by atoms with Crippen molar-refractivity contribution in [3.8, 4) is 6.07 Å². The van der Waals surface area contributed by atoms with Gasteiger partial charge in [0.2, 0.25) is 5.91 Å². The monoisotopic (exact) mass is 521 g/mol. The number of halogens is 2. The van der Waals surface area contributed by atoms with Gasteiger partial charge in [-0.05, 0) is 61.7 Å². The van der Waals surface area contributed by atoms with Crippen molar-refractivity contribution in [1.29, 1.82) is 5.26 Å². The Hall–Kier alpha value is -3.24. The molecule has 1 heterocycles. The lowest BCUT2D eigenvalue weighted by atomic mass is 10.1. The maximum absolute atomic E-state index is 13.6. The number of hydrogen-bond acceptors (Lipinski definition) is 4. The number of anilines is 2. The Morgan fingerprint density at radius 2 is 1.77 bits per heavy atom. The van der Waals surface area contributed by atoms with Crippen LogP contribution in [0, 0.1) is 25.2 Å². The van der Waals surface area contributed by atoms with E-state index in [9.17, 15) is 14.9 Å². The fourth-order valence-electron chi connectivity index (χ4n) is 3.64. The zero-order valence-corrected chi connectivity index (χ0v) is 21.3. The lowest BCUT2D eigenvalue weighted by Crippen LogP contribution is -2.31. The summed E-state index contributed by atoms with van der Waals surface area (Å²) >= 11 is 13.7. The molecule has 1 aliphatic rings. The van der Waals surface area contributed by atoms with Gasteiger partial charge in [0.25, 0.3) is 5.91 Å². The number of aryl methyl sites for hydroxylation is 2. The van der Waals surface area contributed by atoms with Gasteiger partial charge >= 0.3 is 0 Å². The highest BCUT2D eigenvalue weighted by Gasteiger charge is 2.40. The van der Waals surface area contributed by atoms with Crippen LogP contribution in [0.25, 0.3) is 0 Å². The third-order valence-electron chi connectivity index (χ3n) is 5.58. The van der Waals surface area contributed by atoms with Crippen LogP contribution in [0.5, 0.6) is 0 Å². The molecule has 0 aliphatic carbocycles. The van der Waals surface area contributed by atoms with E-state index >= 15 is 0 Å². The van der Waals surface area contributed by atoms with Crippen molar-refractivity contribution in [2.75, 3.05) is 10.2 Å². The summed E-state index contributed by atoms with van der Waals surface area (Å²) in [5.74, 6) is -0.837. The topological polar surface area (TPSA) is 73.2 Å². The van der Waals surface area contributed by atoms with E-state index in [2.05, 4.69) is 5.32 Å². The standard InChI is InChI=1S/C27H21Cl2N3O2S/c1-16-7-11-19(12-8-16)32-26(34)24(14-18-10-9-17(2)22(29)13-18)35-27(32)20(15-30)25(33)31-23-6-4-3-5-21(23)28/h3-13,24H,14H2,1-2H3,(H,31,33)/b27-20-/t24-/m0/s1. The van der Waals surface area contributed by atoms with Crippen molar-refractivity contribution in [2.24, 2.45) is 0 Å². The summed E-state index contributed by atoms with van der Waals surface area (Å²) < 4.78 is 0. The van der Waals surface area contributed by atoms with Gasteiger partial charge in [0.15, 0.2) is 0 Å². The average molecular weight is 522 g/mol. The number of para-hydroxylation sites is 1. The molecule has 8 heteroatoms. The third-order valence-corrected chi connectivity index (χ3v) is 7.58. The molecule has 1 atom stereocenters. The highest BCUT2D eigenvalue weighted by atomic mass is 35.5. The van der Waals surface area contributed by atoms with E-state index in [0.717, 1.165) is 16.7 Å². The number of hydrogen-bond donors (Lipinski definition) is 1. The Morgan fingerprint density at radius 1 is 1.06 bits per heavy atom. The largest absolute Gasteiger partial charge is 0.320 e. The van der Waals surface area contributed by atoms with Crippen LogP contribution in [-0.4, -0.2) is 17.1 Å². The van der Waals surface area contributed by atoms with Crippen molar-refractivity contribution < 1.29 is 9.59 Å². The number of nitriles is 1. The van der Waals surface area contributed by atoms with Gasteiger partial charge in [0, 0.05) is 10.7 Å². The van der Waals surface area contributed by atoms with Gasteiger partial charge in [-0.3, -0.25) is 14.5 Å². The van der Waals surface area contributed by atoms with E-state index in [0.29, 0.717) is 27.8 Å². The number of nitrogens with one attached hydrogen (secondary N) is 1. The quantitative estimate of drug-likeness (QED) is 0.300. The molecule has 0 radical (unpaired) electrons. The van der Waals surface area contributed by atoms with Crippen LogP contribution in [0.4, 0.5) is 11.4 Å². The molecule has 3 aromatic rings. The number of carbonyl (C=O) groups is 2. The predicted octanol–water partition coefficient (Wildman–Crippen LogP) is 6.68. The van der Waals surface area contributed by atoms with Crippen LogP contribution >= 0.6 is 35.0 Å². The van der Waals surface area contributed by atoms with E-state index in [1.807, 2.05) is 50.2 Å². The van der Waals surface area contributed by atoms with E-state index in [1.54, 1.807) is 36.4 Å². The highest BCUT2D eigenvalue weighted by Crippen LogP contribution is 2.42. The first-order chi connectivity index (χ1) is 16.8. The summed E-state index contributed by atoms with van der Waals surface area (Å²) in [6.45, 7) is 3.86. The Balaban J connectivity index is 1.74. The summed E-state index contributed by atoms with van der Waals surface area (Å²) in [5, 5.41) is 13.4. The van der Waals surface area contributed by atoms with Crippen molar-refractivity contribution >= 4 is 58.2 Å². The van der Waals surface area contributed by atoms with Crippen molar-refractivity contribution in [3.63, 3.8) is 0 Å². The maximum atomic E-state index is 13.6. The van der Waals surface area contributed by atoms with Crippen LogP contribution < -0.4 is 10.2 Å². The van der Waals surface area contributed by atoms with E-state index in [1.165, 1.54) is 16.7 Å². The van der Waals surface area contributed by atoms with Gasteiger partial charge in [0.05, 0.1) is 16.0 Å². The molecule has 2 amide bonds. The maximum Gasteiger partial charge on any atom is 0.269 e.